The summed E-state index contributed by atoms with van der Waals surface area (Å²) in [6, 6.07) is 38.8. The minimum atomic E-state index is -0.0937. The van der Waals surface area contributed by atoms with Crippen LogP contribution in [-0.2, 0) is 0 Å². The molecule has 6 heteroatoms. The van der Waals surface area contributed by atoms with Gasteiger partial charge in [0.05, 0.1) is 0 Å². The molecule has 0 radical (unpaired) electrons. The monoisotopic (exact) mass is 619 g/mol. The van der Waals surface area contributed by atoms with Crippen LogP contribution in [0, 0.1) is 13.8 Å². The minimum Gasteiger partial charge on any atom is -0.378 e. The standard InChI is InChI=1S/C22H22N2O.C14H12BrNO/c1-16-9-10-19(17-11-13-20(14-12-17)24(2)3)15-21(16)23-22(25)18-7-5-4-6-8-18;1-10-7-8-12(15)9-13(10)16-14(17)11-5-3-2-4-6-11/h4-15H,1-3H3,(H,23,25);2-9H,1H3,(H,16,17). The highest BCUT2D eigenvalue weighted by atomic mass is 79.9. The van der Waals surface area contributed by atoms with Gasteiger partial charge in [0, 0.05) is 46.8 Å². The highest BCUT2D eigenvalue weighted by Crippen LogP contribution is 2.27. The fourth-order valence-corrected chi connectivity index (χ4v) is 4.55. The van der Waals surface area contributed by atoms with Gasteiger partial charge in [-0.1, -0.05) is 82.7 Å². The van der Waals surface area contributed by atoms with Crippen molar-refractivity contribution >= 4 is 44.8 Å². The van der Waals surface area contributed by atoms with Crippen LogP contribution in [0.15, 0.2) is 126 Å². The number of nitrogens with one attached hydrogen (secondary N) is 2. The van der Waals surface area contributed by atoms with E-state index in [1.807, 2.05) is 107 Å². The number of aryl methyl sites for hydroxylation is 2. The molecule has 0 saturated carbocycles. The second kappa shape index (κ2) is 14.3. The molecule has 5 aromatic carbocycles. The van der Waals surface area contributed by atoms with Crippen molar-refractivity contribution < 1.29 is 9.59 Å². The van der Waals surface area contributed by atoms with Gasteiger partial charge in [-0.25, -0.2) is 0 Å². The Labute approximate surface area is 256 Å². The number of halogens is 1. The third kappa shape index (κ3) is 8.18. The summed E-state index contributed by atoms with van der Waals surface area (Å²) in [5, 5.41) is 5.92. The molecule has 2 amide bonds. The predicted molar refractivity (Wildman–Crippen MR) is 179 cm³/mol. The van der Waals surface area contributed by atoms with E-state index in [9.17, 15) is 9.59 Å². The summed E-state index contributed by atoms with van der Waals surface area (Å²) < 4.78 is 0.950. The number of hydrogen-bond donors (Lipinski definition) is 2. The van der Waals surface area contributed by atoms with Gasteiger partial charge in [-0.05, 0) is 90.7 Å². The van der Waals surface area contributed by atoms with Crippen molar-refractivity contribution in [3.05, 3.63) is 148 Å². The molecule has 0 bridgehead atoms. The Bertz CT molecular complexity index is 1650. The number of amides is 2. The molecule has 0 atom stereocenters. The second-order valence-corrected chi connectivity index (χ2v) is 11.0. The number of anilines is 3. The molecule has 5 rings (SSSR count). The maximum Gasteiger partial charge on any atom is 0.255 e. The molecule has 212 valence electrons. The Morgan fingerprint density at radius 3 is 1.52 bits per heavy atom. The molecule has 0 fully saturated rings. The van der Waals surface area contributed by atoms with Crippen LogP contribution in [0.5, 0.6) is 0 Å². The molecule has 0 aliphatic heterocycles. The van der Waals surface area contributed by atoms with Crippen LogP contribution in [0.2, 0.25) is 0 Å². The van der Waals surface area contributed by atoms with Gasteiger partial charge in [0.1, 0.15) is 0 Å². The van der Waals surface area contributed by atoms with Crippen LogP contribution in [-0.4, -0.2) is 25.9 Å². The molecule has 0 saturated heterocycles. The third-order valence-electron chi connectivity index (χ3n) is 6.72. The van der Waals surface area contributed by atoms with Crippen LogP contribution in [0.4, 0.5) is 17.1 Å². The number of nitrogens with zero attached hydrogens (tertiary/aromatic N) is 1. The van der Waals surface area contributed by atoms with Crippen molar-refractivity contribution in [3.8, 4) is 11.1 Å². The lowest BCUT2D eigenvalue weighted by atomic mass is 10.0. The number of hydrogen-bond acceptors (Lipinski definition) is 3. The first kappa shape index (κ1) is 30.3. The Morgan fingerprint density at radius 2 is 1.02 bits per heavy atom. The lowest BCUT2D eigenvalue weighted by Crippen LogP contribution is -2.12. The highest BCUT2D eigenvalue weighted by Gasteiger charge is 2.09. The van der Waals surface area contributed by atoms with Crippen molar-refractivity contribution in [1.29, 1.82) is 0 Å². The first-order valence-corrected chi connectivity index (χ1v) is 14.4. The van der Waals surface area contributed by atoms with E-state index in [1.165, 1.54) is 0 Å². The molecule has 42 heavy (non-hydrogen) atoms. The lowest BCUT2D eigenvalue weighted by Gasteiger charge is -2.14. The molecular weight excluding hydrogens is 586 g/mol. The summed E-state index contributed by atoms with van der Waals surface area (Å²) in [4.78, 5) is 26.4. The summed E-state index contributed by atoms with van der Waals surface area (Å²) in [5.41, 5.74) is 8.43. The van der Waals surface area contributed by atoms with Crippen LogP contribution in [0.25, 0.3) is 11.1 Å². The van der Waals surface area contributed by atoms with E-state index < -0.39 is 0 Å². The minimum absolute atomic E-state index is 0.0909. The summed E-state index contributed by atoms with van der Waals surface area (Å²) in [6.45, 7) is 3.96. The van der Waals surface area contributed by atoms with E-state index in [0.717, 1.165) is 43.8 Å². The molecule has 5 nitrogen and oxygen atoms in total. The van der Waals surface area contributed by atoms with Gasteiger partial charge in [-0.3, -0.25) is 9.59 Å². The van der Waals surface area contributed by atoms with Gasteiger partial charge in [-0.2, -0.15) is 0 Å². The average Bonchev–Trinajstić information content (AvgIpc) is 3.01. The van der Waals surface area contributed by atoms with Gasteiger partial charge in [0.2, 0.25) is 0 Å². The van der Waals surface area contributed by atoms with Crippen LogP contribution >= 0.6 is 15.9 Å². The van der Waals surface area contributed by atoms with Gasteiger partial charge >= 0.3 is 0 Å². The van der Waals surface area contributed by atoms with Crippen molar-refractivity contribution in [2.75, 3.05) is 29.6 Å². The molecule has 0 spiro atoms. The van der Waals surface area contributed by atoms with E-state index in [1.54, 1.807) is 12.1 Å². The van der Waals surface area contributed by atoms with E-state index in [-0.39, 0.29) is 11.8 Å². The third-order valence-corrected chi connectivity index (χ3v) is 7.22. The summed E-state index contributed by atoms with van der Waals surface area (Å²) >= 11 is 3.39. The number of benzene rings is 5. The summed E-state index contributed by atoms with van der Waals surface area (Å²) in [7, 11) is 4.05. The van der Waals surface area contributed by atoms with Crippen LogP contribution < -0.4 is 15.5 Å². The molecule has 0 unspecified atom stereocenters. The fourth-order valence-electron chi connectivity index (χ4n) is 4.19. The number of rotatable bonds is 6. The molecule has 2 N–H and O–H groups in total. The Balaban J connectivity index is 0.000000208. The molecule has 0 heterocycles. The number of carbonyl (C=O) groups excluding carboxylic acids is 2. The zero-order chi connectivity index (χ0) is 30.1. The quantitative estimate of drug-likeness (QED) is 0.199. The fraction of sp³-hybridized carbons (Fsp3) is 0.111. The van der Waals surface area contributed by atoms with Gasteiger partial charge in [0.25, 0.3) is 11.8 Å². The Kier molecular flexibility index (Phi) is 10.3. The SMILES string of the molecule is Cc1ccc(-c2ccc(N(C)C)cc2)cc1NC(=O)c1ccccc1.Cc1ccc(Br)cc1NC(=O)c1ccccc1. The van der Waals surface area contributed by atoms with E-state index in [4.69, 9.17) is 0 Å². The topological polar surface area (TPSA) is 61.4 Å². The van der Waals surface area contributed by atoms with Gasteiger partial charge in [0.15, 0.2) is 0 Å². The normalized spacial score (nSPS) is 10.2. The molecule has 5 aromatic rings. The van der Waals surface area contributed by atoms with Crippen molar-refractivity contribution in [2.45, 2.75) is 13.8 Å². The average molecular weight is 621 g/mol. The first-order valence-electron chi connectivity index (χ1n) is 13.6. The van der Waals surface area contributed by atoms with Crippen molar-refractivity contribution in [2.24, 2.45) is 0 Å². The molecule has 0 aliphatic carbocycles. The predicted octanol–water partition coefficient (Wildman–Crippen LogP) is 8.99. The van der Waals surface area contributed by atoms with E-state index >= 15 is 0 Å². The molecular formula is C36H34BrN3O2. The van der Waals surface area contributed by atoms with Crippen LogP contribution in [0.3, 0.4) is 0 Å². The van der Waals surface area contributed by atoms with Gasteiger partial charge in [-0.15, -0.1) is 0 Å². The number of carbonyl (C=O) groups is 2. The lowest BCUT2D eigenvalue weighted by molar-refractivity contribution is 0.101. The largest absolute Gasteiger partial charge is 0.378 e. The maximum atomic E-state index is 12.4. The maximum absolute atomic E-state index is 12.4. The van der Waals surface area contributed by atoms with Crippen molar-refractivity contribution in [1.82, 2.24) is 0 Å². The first-order chi connectivity index (χ1) is 20.2. The second-order valence-electron chi connectivity index (χ2n) is 10.1. The van der Waals surface area contributed by atoms with Crippen molar-refractivity contribution in [3.63, 3.8) is 0 Å². The molecule has 0 aromatic heterocycles. The zero-order valence-corrected chi connectivity index (χ0v) is 25.8. The Hall–Kier alpha value is -4.68. The summed E-state index contributed by atoms with van der Waals surface area (Å²) in [6.07, 6.45) is 0. The Morgan fingerprint density at radius 1 is 0.571 bits per heavy atom. The molecule has 0 aliphatic rings. The summed E-state index contributed by atoms with van der Waals surface area (Å²) in [5.74, 6) is -0.185. The van der Waals surface area contributed by atoms with Crippen LogP contribution in [0.1, 0.15) is 31.8 Å². The van der Waals surface area contributed by atoms with Gasteiger partial charge < -0.3 is 15.5 Å². The smallest absolute Gasteiger partial charge is 0.255 e. The van der Waals surface area contributed by atoms with E-state index in [0.29, 0.717) is 11.1 Å². The zero-order valence-electron chi connectivity index (χ0n) is 24.2. The van der Waals surface area contributed by atoms with E-state index in [2.05, 4.69) is 61.8 Å². The highest BCUT2D eigenvalue weighted by molar-refractivity contribution is 9.10.